The lowest BCUT2D eigenvalue weighted by molar-refractivity contribution is 0.0532. The van der Waals surface area contributed by atoms with Gasteiger partial charge in [0.1, 0.15) is 17.9 Å². The lowest BCUT2D eigenvalue weighted by Crippen LogP contribution is -2.23. The van der Waals surface area contributed by atoms with Crippen molar-refractivity contribution in [3.8, 4) is 5.75 Å². The molecule has 6 nitrogen and oxygen atoms in total. The summed E-state index contributed by atoms with van der Waals surface area (Å²) in [6, 6.07) is 1.01. The van der Waals surface area contributed by atoms with Crippen molar-refractivity contribution in [2.24, 2.45) is 0 Å². The maximum absolute atomic E-state index is 12.6. The Morgan fingerprint density at radius 2 is 1.81 bits per heavy atom. The van der Waals surface area contributed by atoms with Gasteiger partial charge in [0.05, 0.1) is 12.8 Å². The number of carbonyl (C=O) groups is 1. The lowest BCUT2D eigenvalue weighted by atomic mass is 9.89. The Morgan fingerprint density at radius 3 is 2.34 bits per heavy atom. The Hall–Kier alpha value is -1.40. The number of ether oxygens (including phenoxy) is 2. The molecule has 0 N–H and O–H groups in total. The summed E-state index contributed by atoms with van der Waals surface area (Å²) in [5, 5.41) is 0. The van der Waals surface area contributed by atoms with Crippen molar-refractivity contribution in [2.75, 3.05) is 27.0 Å². The summed E-state index contributed by atoms with van der Waals surface area (Å²) in [4.78, 5) is 12.6. The highest BCUT2D eigenvalue weighted by molar-refractivity contribution is 7.54. The molecule has 0 atom stereocenters. The molecule has 0 radical (unpaired) electrons. The Balaban J connectivity index is 2.51. The normalized spacial score (nSPS) is 14.5. The first-order valence-electron chi connectivity index (χ1n) is 11.4. The molecule has 0 bridgehead atoms. The van der Waals surface area contributed by atoms with E-state index in [2.05, 4.69) is 39.6 Å². The molecule has 0 spiro atoms. The van der Waals surface area contributed by atoms with E-state index in [0.29, 0.717) is 30.9 Å². The van der Waals surface area contributed by atoms with Crippen LogP contribution in [0.2, 0.25) is 25.7 Å². The van der Waals surface area contributed by atoms with Gasteiger partial charge in [-0.1, -0.05) is 45.1 Å². The smallest absolute Gasteiger partial charge is 0.342 e. The molecule has 8 heteroatoms. The van der Waals surface area contributed by atoms with Crippen molar-refractivity contribution in [1.29, 1.82) is 0 Å². The quantitative estimate of drug-likeness (QED) is 0.150. The third kappa shape index (κ3) is 6.34. The molecule has 0 unspecified atom stereocenters. The molecule has 0 aliphatic carbocycles. The average Bonchev–Trinajstić information content (AvgIpc) is 3.13. The van der Waals surface area contributed by atoms with E-state index in [-0.39, 0.29) is 12.1 Å². The van der Waals surface area contributed by atoms with Gasteiger partial charge in [-0.3, -0.25) is 4.57 Å². The summed E-state index contributed by atoms with van der Waals surface area (Å²) >= 11 is 0. The van der Waals surface area contributed by atoms with Gasteiger partial charge in [-0.15, -0.1) is 0 Å². The molecule has 0 amide bonds. The minimum absolute atomic E-state index is 0.246. The van der Waals surface area contributed by atoms with E-state index in [4.69, 9.17) is 18.5 Å². The number of hydrogen-bond acceptors (Lipinski definition) is 6. The van der Waals surface area contributed by atoms with Crippen LogP contribution >= 0.6 is 7.60 Å². The first-order valence-corrected chi connectivity index (χ1v) is 16.8. The minimum Gasteiger partial charge on any atom is -0.493 e. The highest BCUT2D eigenvalue weighted by Crippen LogP contribution is 2.48. The monoisotopic (exact) mass is 482 g/mol. The van der Waals surface area contributed by atoms with Crippen molar-refractivity contribution >= 4 is 21.6 Å². The van der Waals surface area contributed by atoms with E-state index in [1.807, 2.05) is 6.92 Å². The molecular weight excluding hydrogens is 443 g/mol. The van der Waals surface area contributed by atoms with Crippen molar-refractivity contribution in [3.63, 3.8) is 0 Å². The average molecular weight is 483 g/mol. The van der Waals surface area contributed by atoms with Crippen LogP contribution < -0.4 is 4.74 Å². The van der Waals surface area contributed by atoms with E-state index < -0.39 is 15.7 Å². The molecule has 0 saturated heterocycles. The van der Waals surface area contributed by atoms with Crippen LogP contribution in [0.5, 0.6) is 5.75 Å². The van der Waals surface area contributed by atoms with Crippen molar-refractivity contribution in [1.82, 2.24) is 0 Å². The van der Waals surface area contributed by atoms with Crippen LogP contribution in [-0.4, -0.2) is 41.0 Å². The minimum atomic E-state index is -3.14. The number of benzene rings is 1. The van der Waals surface area contributed by atoms with Gasteiger partial charge < -0.3 is 18.5 Å². The molecule has 1 aliphatic heterocycles. The van der Waals surface area contributed by atoms with Crippen LogP contribution in [0.15, 0.2) is 11.6 Å². The second-order valence-electron chi connectivity index (χ2n) is 9.41. The molecule has 1 heterocycles. The fourth-order valence-corrected chi connectivity index (χ4v) is 5.93. The first kappa shape index (κ1) is 26.8. The van der Waals surface area contributed by atoms with E-state index in [9.17, 15) is 9.36 Å². The number of cyclic esters (lactones) is 1. The summed E-state index contributed by atoms with van der Waals surface area (Å²) in [7, 11) is -1.62. The molecule has 0 fully saturated rings. The number of esters is 1. The Morgan fingerprint density at radius 1 is 1.16 bits per heavy atom. The molecule has 32 heavy (non-hydrogen) atoms. The third-order valence-electron chi connectivity index (χ3n) is 6.08. The van der Waals surface area contributed by atoms with Gasteiger partial charge >= 0.3 is 13.6 Å². The fourth-order valence-electron chi connectivity index (χ4n) is 3.96. The van der Waals surface area contributed by atoms with Gasteiger partial charge in [-0.2, -0.15) is 0 Å². The second-order valence-corrected chi connectivity index (χ2v) is 17.3. The largest absolute Gasteiger partial charge is 0.493 e. The number of carbonyl (C=O) groups excluding carboxylic acids is 1. The van der Waals surface area contributed by atoms with Crippen LogP contribution in [0.25, 0.3) is 0 Å². The molecule has 1 aromatic carbocycles. The van der Waals surface area contributed by atoms with E-state index in [0.717, 1.165) is 41.1 Å². The zero-order valence-electron chi connectivity index (χ0n) is 20.9. The maximum Gasteiger partial charge on any atom is 0.342 e. The van der Waals surface area contributed by atoms with Gasteiger partial charge in [0.15, 0.2) is 0 Å². The van der Waals surface area contributed by atoms with Crippen LogP contribution in [-0.2, 0) is 37.8 Å². The maximum atomic E-state index is 12.6. The van der Waals surface area contributed by atoms with E-state index in [1.54, 1.807) is 0 Å². The third-order valence-corrected chi connectivity index (χ3v) is 9.69. The molecule has 2 rings (SSSR count). The number of hydrogen-bond donors (Lipinski definition) is 0. The van der Waals surface area contributed by atoms with Crippen molar-refractivity contribution in [3.05, 3.63) is 39.5 Å². The molecule has 0 aromatic heterocycles. The molecule has 1 aromatic rings. The van der Waals surface area contributed by atoms with Crippen LogP contribution in [0.4, 0.5) is 0 Å². The first-order chi connectivity index (χ1) is 15.0. The van der Waals surface area contributed by atoms with Gasteiger partial charge in [-0.05, 0) is 43.4 Å². The van der Waals surface area contributed by atoms with Crippen LogP contribution in [0.1, 0.15) is 52.9 Å². The number of rotatable bonds is 12. The SMILES string of the molecule is CCC(=CCc1c(CC)c(C)c2c(c1OCC[Si](C)(C)C)C(=O)OC2)CP(=O)(OC)OC. The summed E-state index contributed by atoms with van der Waals surface area (Å²) in [5.41, 5.74) is 5.84. The fraction of sp³-hybridized carbons (Fsp3) is 0.625. The highest BCUT2D eigenvalue weighted by Gasteiger charge is 2.32. The van der Waals surface area contributed by atoms with Crippen LogP contribution in [0.3, 0.4) is 0 Å². The highest BCUT2D eigenvalue weighted by atomic mass is 31.2. The molecule has 180 valence electrons. The summed E-state index contributed by atoms with van der Waals surface area (Å²) < 4.78 is 34.6. The van der Waals surface area contributed by atoms with Crippen molar-refractivity contribution in [2.45, 2.75) is 72.3 Å². The second kappa shape index (κ2) is 11.1. The predicted octanol–water partition coefficient (Wildman–Crippen LogP) is 6.31. The van der Waals surface area contributed by atoms with Gasteiger partial charge in [0.25, 0.3) is 0 Å². The zero-order chi connectivity index (χ0) is 24.1. The Labute approximate surface area is 194 Å². The predicted molar refractivity (Wildman–Crippen MR) is 132 cm³/mol. The Kier molecular flexibility index (Phi) is 9.35. The van der Waals surface area contributed by atoms with E-state index in [1.165, 1.54) is 19.8 Å². The van der Waals surface area contributed by atoms with Gasteiger partial charge in [0, 0.05) is 33.4 Å². The van der Waals surface area contributed by atoms with Gasteiger partial charge in [-0.25, -0.2) is 4.79 Å². The summed E-state index contributed by atoms with van der Waals surface area (Å²) in [5.74, 6) is 0.356. The topological polar surface area (TPSA) is 71.1 Å². The molecule has 1 aliphatic rings. The zero-order valence-corrected chi connectivity index (χ0v) is 22.8. The summed E-state index contributed by atoms with van der Waals surface area (Å²) in [6.07, 6.45) is 4.47. The van der Waals surface area contributed by atoms with Crippen LogP contribution in [0, 0.1) is 6.92 Å². The molecular formula is C24H39O6PSi. The number of allylic oxidation sites excluding steroid dienone is 2. The lowest BCUT2D eigenvalue weighted by Gasteiger charge is -2.22. The van der Waals surface area contributed by atoms with E-state index >= 15 is 0 Å². The Bertz CT molecular complexity index is 908. The summed E-state index contributed by atoms with van der Waals surface area (Å²) in [6.45, 7) is 14.0. The standard InChI is InChI=1S/C24H39O6PSi/c1-9-18(16-31(26,27-4)28-5)11-12-20-19(10-2)17(3)21-15-30-24(25)22(21)23(20)29-13-14-32(6,7)8/h11H,9-10,12-16H2,1-8H3. The number of fused-ring (bicyclic) bond motifs is 1. The van der Waals surface area contributed by atoms with Gasteiger partial charge in [0.2, 0.25) is 0 Å². The van der Waals surface area contributed by atoms with Crippen molar-refractivity contribution < 1.29 is 27.9 Å². The molecule has 0 saturated carbocycles.